The molecule has 7 heteroatoms. The minimum Gasteiger partial charge on any atom is -0.494 e. The highest BCUT2D eigenvalue weighted by Gasteiger charge is 2.10. The second-order valence-corrected chi connectivity index (χ2v) is 7.43. The number of nitrogens with one attached hydrogen (secondary N) is 1. The lowest BCUT2D eigenvalue weighted by atomic mass is 10.1. The Morgan fingerprint density at radius 2 is 1.52 bits per heavy atom. The Morgan fingerprint density at radius 1 is 0.903 bits per heavy atom. The molecule has 0 aliphatic rings. The lowest BCUT2D eigenvalue weighted by molar-refractivity contribution is -0.384. The van der Waals surface area contributed by atoms with Crippen LogP contribution in [0.15, 0.2) is 53.3 Å². The lowest BCUT2D eigenvalue weighted by Gasteiger charge is -2.08. The highest BCUT2D eigenvalue weighted by molar-refractivity contribution is 6.04. The number of nitro groups is 1. The molecule has 0 heterocycles. The molecular weight excluding hydrogens is 396 g/mol. The van der Waals surface area contributed by atoms with Gasteiger partial charge in [0.2, 0.25) is 5.43 Å². The number of nitrogens with zero attached hydrogens (tertiary/aromatic N) is 1. The zero-order chi connectivity index (χ0) is 22.5. The molecule has 0 fully saturated rings. The monoisotopic (exact) mass is 426 g/mol. The highest BCUT2D eigenvalue weighted by atomic mass is 16.6. The molecule has 2 aromatic carbocycles. The van der Waals surface area contributed by atoms with Gasteiger partial charge in [0.1, 0.15) is 5.75 Å². The summed E-state index contributed by atoms with van der Waals surface area (Å²) in [5.74, 6) is 0.214. The fourth-order valence-electron chi connectivity index (χ4n) is 3.11. The SMILES string of the molecule is CCCCCCCCCCOc1ccc(C(=O)Nc2ccc([N+](=O)[O-])ccc2=O)cc1. The third-order valence-corrected chi connectivity index (χ3v) is 4.93. The molecule has 0 aliphatic heterocycles. The van der Waals surface area contributed by atoms with E-state index in [0.717, 1.165) is 25.0 Å². The molecule has 2 rings (SSSR count). The smallest absolute Gasteiger partial charge is 0.269 e. The third-order valence-electron chi connectivity index (χ3n) is 4.93. The molecule has 0 aromatic heterocycles. The van der Waals surface area contributed by atoms with E-state index in [1.54, 1.807) is 24.3 Å². The first-order chi connectivity index (χ1) is 15.0. The lowest BCUT2D eigenvalue weighted by Crippen LogP contribution is -2.16. The number of hydrogen-bond donors (Lipinski definition) is 1. The van der Waals surface area contributed by atoms with E-state index in [-0.39, 0.29) is 11.4 Å². The van der Waals surface area contributed by atoms with Crippen molar-refractivity contribution < 1.29 is 14.5 Å². The summed E-state index contributed by atoms with van der Waals surface area (Å²) in [6, 6.07) is 11.3. The van der Waals surface area contributed by atoms with Crippen molar-refractivity contribution >= 4 is 17.3 Å². The van der Waals surface area contributed by atoms with Gasteiger partial charge in [-0.1, -0.05) is 51.9 Å². The van der Waals surface area contributed by atoms with Crippen LogP contribution >= 0.6 is 0 Å². The summed E-state index contributed by atoms with van der Waals surface area (Å²) in [6.45, 7) is 2.86. The maximum Gasteiger partial charge on any atom is 0.269 e. The van der Waals surface area contributed by atoms with Crippen molar-refractivity contribution in [3.63, 3.8) is 0 Å². The number of anilines is 1. The van der Waals surface area contributed by atoms with Gasteiger partial charge >= 0.3 is 0 Å². The number of hydrogen-bond acceptors (Lipinski definition) is 5. The Bertz CT molecular complexity index is 912. The summed E-state index contributed by atoms with van der Waals surface area (Å²) < 4.78 is 5.73. The first-order valence-corrected chi connectivity index (χ1v) is 10.8. The molecule has 0 radical (unpaired) electrons. The van der Waals surface area contributed by atoms with Crippen LogP contribution in [0.4, 0.5) is 11.4 Å². The first-order valence-electron chi connectivity index (χ1n) is 10.8. The Labute approximate surface area is 182 Å². The van der Waals surface area contributed by atoms with E-state index in [4.69, 9.17) is 4.74 Å². The van der Waals surface area contributed by atoms with Gasteiger partial charge in [-0.05, 0) is 42.8 Å². The molecule has 2 aromatic rings. The zero-order valence-corrected chi connectivity index (χ0v) is 18.0. The molecule has 0 unspecified atom stereocenters. The number of benzene rings is 1. The van der Waals surface area contributed by atoms with Crippen molar-refractivity contribution in [2.45, 2.75) is 58.3 Å². The summed E-state index contributed by atoms with van der Waals surface area (Å²) >= 11 is 0. The van der Waals surface area contributed by atoms with E-state index < -0.39 is 16.3 Å². The summed E-state index contributed by atoms with van der Waals surface area (Å²) in [5.41, 5.74) is -0.393. The maximum absolute atomic E-state index is 12.4. The van der Waals surface area contributed by atoms with Crippen LogP contribution in [-0.2, 0) is 0 Å². The topological polar surface area (TPSA) is 98.5 Å². The highest BCUT2D eigenvalue weighted by Crippen LogP contribution is 2.15. The quantitative estimate of drug-likeness (QED) is 0.251. The molecule has 0 bridgehead atoms. The Hall–Kier alpha value is -3.22. The van der Waals surface area contributed by atoms with Crippen LogP contribution in [0.25, 0.3) is 0 Å². The van der Waals surface area contributed by atoms with Crippen LogP contribution in [0.5, 0.6) is 5.75 Å². The van der Waals surface area contributed by atoms with Gasteiger partial charge < -0.3 is 10.1 Å². The summed E-state index contributed by atoms with van der Waals surface area (Å²) in [7, 11) is 0. The Balaban J connectivity index is 1.79. The molecule has 0 spiro atoms. The van der Waals surface area contributed by atoms with Crippen LogP contribution in [0, 0.1) is 10.1 Å². The molecule has 1 amide bonds. The van der Waals surface area contributed by atoms with Gasteiger partial charge in [0.05, 0.1) is 17.2 Å². The predicted molar refractivity (Wildman–Crippen MR) is 122 cm³/mol. The van der Waals surface area contributed by atoms with Crippen molar-refractivity contribution in [2.75, 3.05) is 11.9 Å². The van der Waals surface area contributed by atoms with Crippen LogP contribution in [0.1, 0.15) is 68.6 Å². The normalized spacial score (nSPS) is 10.5. The average Bonchev–Trinajstić information content (AvgIpc) is 2.94. The van der Waals surface area contributed by atoms with Gasteiger partial charge in [-0.3, -0.25) is 19.7 Å². The fraction of sp³-hybridized carbons (Fsp3) is 0.417. The molecule has 0 atom stereocenters. The Kier molecular flexibility index (Phi) is 10.2. The summed E-state index contributed by atoms with van der Waals surface area (Å²) in [5, 5.41) is 13.3. The van der Waals surface area contributed by atoms with Gasteiger partial charge in [-0.2, -0.15) is 0 Å². The van der Waals surface area contributed by atoms with Crippen LogP contribution in [0.2, 0.25) is 0 Å². The molecule has 0 aliphatic carbocycles. The fourth-order valence-corrected chi connectivity index (χ4v) is 3.11. The van der Waals surface area contributed by atoms with Crippen molar-refractivity contribution in [3.8, 4) is 5.75 Å². The van der Waals surface area contributed by atoms with E-state index in [9.17, 15) is 19.7 Å². The van der Waals surface area contributed by atoms with Gasteiger partial charge in [-0.25, -0.2) is 0 Å². The van der Waals surface area contributed by atoms with Crippen molar-refractivity contribution in [3.05, 3.63) is 74.4 Å². The second-order valence-electron chi connectivity index (χ2n) is 7.43. The van der Waals surface area contributed by atoms with Gasteiger partial charge in [-0.15, -0.1) is 0 Å². The molecule has 0 saturated carbocycles. The van der Waals surface area contributed by atoms with E-state index in [2.05, 4.69) is 12.2 Å². The van der Waals surface area contributed by atoms with Crippen molar-refractivity contribution in [1.29, 1.82) is 0 Å². The molecule has 166 valence electrons. The number of ether oxygens (including phenoxy) is 1. The van der Waals surface area contributed by atoms with Crippen molar-refractivity contribution in [1.82, 2.24) is 0 Å². The zero-order valence-electron chi connectivity index (χ0n) is 18.0. The molecule has 7 nitrogen and oxygen atoms in total. The van der Waals surface area contributed by atoms with E-state index in [1.807, 2.05) is 0 Å². The molecule has 1 N–H and O–H groups in total. The van der Waals surface area contributed by atoms with Crippen LogP contribution < -0.4 is 15.5 Å². The largest absolute Gasteiger partial charge is 0.494 e. The maximum atomic E-state index is 12.4. The van der Waals surface area contributed by atoms with Crippen LogP contribution in [0.3, 0.4) is 0 Å². The standard InChI is InChI=1S/C24H30N2O5/c1-2-3-4-5-6-7-8-9-18-31-21-14-10-19(11-15-21)24(28)25-22-16-12-20(26(29)30)13-17-23(22)27/h10-17H,2-9,18H2,1H3,(H,25,27,28). The van der Waals surface area contributed by atoms with Gasteiger partial charge in [0.25, 0.3) is 11.6 Å². The number of unbranched alkanes of at least 4 members (excludes halogenated alkanes) is 7. The predicted octanol–water partition coefficient (Wildman–Crippen LogP) is 5.73. The molecular formula is C24H30N2O5. The summed E-state index contributed by atoms with van der Waals surface area (Å²) in [4.78, 5) is 34.6. The first kappa shape index (κ1) is 24.1. The van der Waals surface area contributed by atoms with E-state index >= 15 is 0 Å². The molecule has 31 heavy (non-hydrogen) atoms. The third kappa shape index (κ3) is 8.58. The second kappa shape index (κ2) is 13.2. The van der Waals surface area contributed by atoms with Gasteiger partial charge in [0.15, 0.2) is 0 Å². The van der Waals surface area contributed by atoms with Gasteiger partial charge in [0, 0.05) is 17.7 Å². The average molecular weight is 427 g/mol. The van der Waals surface area contributed by atoms with E-state index in [1.165, 1.54) is 50.7 Å². The minimum absolute atomic E-state index is 0.0203. The number of carbonyl (C=O) groups excluding carboxylic acids is 1. The summed E-state index contributed by atoms with van der Waals surface area (Å²) in [6.07, 6.45) is 9.88. The van der Waals surface area contributed by atoms with E-state index in [0.29, 0.717) is 17.9 Å². The molecule has 0 saturated heterocycles. The number of carbonyl (C=O) groups is 1. The number of amides is 1. The minimum atomic E-state index is -0.600. The number of rotatable bonds is 13. The Morgan fingerprint density at radius 3 is 2.16 bits per heavy atom. The van der Waals surface area contributed by atoms with Crippen molar-refractivity contribution in [2.24, 2.45) is 0 Å². The van der Waals surface area contributed by atoms with Crippen LogP contribution in [-0.4, -0.2) is 17.4 Å².